The zero-order chi connectivity index (χ0) is 19.7. The molecule has 0 spiro atoms. The topological polar surface area (TPSA) is 119 Å². The first kappa shape index (κ1) is 17.5. The van der Waals surface area contributed by atoms with Crippen molar-refractivity contribution in [1.29, 1.82) is 0 Å². The van der Waals surface area contributed by atoms with E-state index in [0.29, 0.717) is 5.95 Å². The van der Waals surface area contributed by atoms with E-state index in [1.54, 1.807) is 0 Å². The van der Waals surface area contributed by atoms with Gasteiger partial charge in [-0.3, -0.25) is 14.2 Å². The molecule has 0 fully saturated rings. The number of hydrogen-bond donors (Lipinski definition) is 3. The van der Waals surface area contributed by atoms with E-state index in [1.165, 1.54) is 10.9 Å². The quantitative estimate of drug-likeness (QED) is 0.497. The summed E-state index contributed by atoms with van der Waals surface area (Å²) < 4.78 is 1.39. The molecule has 2 heterocycles. The lowest BCUT2D eigenvalue weighted by atomic mass is 10.1. The van der Waals surface area contributed by atoms with Gasteiger partial charge in [0.15, 0.2) is 5.69 Å². The number of rotatable bonds is 5. The van der Waals surface area contributed by atoms with Crippen LogP contribution in [0.15, 0.2) is 60.9 Å². The Morgan fingerprint density at radius 3 is 2.54 bits per heavy atom. The number of aromatic amines is 1. The fourth-order valence-corrected chi connectivity index (χ4v) is 3.05. The lowest BCUT2D eigenvalue weighted by molar-refractivity contribution is 0.0918. The fourth-order valence-electron chi connectivity index (χ4n) is 3.05. The Morgan fingerprint density at radius 1 is 1.11 bits per heavy atom. The molecule has 2 amide bonds. The number of amides is 2. The third-order valence-corrected chi connectivity index (χ3v) is 4.47. The van der Waals surface area contributed by atoms with Crippen molar-refractivity contribution in [3.8, 4) is 5.95 Å². The van der Waals surface area contributed by atoms with Gasteiger partial charge in [-0.15, -0.1) is 0 Å². The van der Waals surface area contributed by atoms with E-state index in [0.717, 1.165) is 16.6 Å². The van der Waals surface area contributed by atoms with E-state index >= 15 is 0 Å². The van der Waals surface area contributed by atoms with Crippen molar-refractivity contribution in [2.45, 2.75) is 13.0 Å². The zero-order valence-corrected chi connectivity index (χ0v) is 15.1. The number of para-hydroxylation sites is 2. The summed E-state index contributed by atoms with van der Waals surface area (Å²) in [5.74, 6) is -0.895. The molecule has 0 saturated heterocycles. The number of primary amides is 1. The minimum atomic E-state index is -0.768. The van der Waals surface area contributed by atoms with Crippen LogP contribution in [0, 0.1) is 0 Å². The number of carbonyl (C=O) groups excluding carboxylic acids is 2. The number of carbonyl (C=O) groups is 2. The van der Waals surface area contributed by atoms with E-state index in [4.69, 9.17) is 5.73 Å². The Hall–Kier alpha value is -3.94. The van der Waals surface area contributed by atoms with Crippen molar-refractivity contribution in [2.24, 2.45) is 5.73 Å². The van der Waals surface area contributed by atoms with E-state index in [9.17, 15) is 9.59 Å². The first-order chi connectivity index (χ1) is 13.5. The van der Waals surface area contributed by atoms with Gasteiger partial charge in [0.05, 0.1) is 17.1 Å². The maximum atomic E-state index is 12.7. The number of nitrogens with zero attached hydrogens (tertiary/aromatic N) is 3. The van der Waals surface area contributed by atoms with Crippen molar-refractivity contribution in [2.75, 3.05) is 0 Å². The molecular formula is C20H18N6O2. The molecule has 2 aromatic heterocycles. The normalized spacial score (nSPS) is 12.0. The summed E-state index contributed by atoms with van der Waals surface area (Å²) in [4.78, 5) is 36.5. The van der Waals surface area contributed by atoms with Crippen LogP contribution >= 0.6 is 0 Å². The average molecular weight is 374 g/mol. The van der Waals surface area contributed by atoms with Gasteiger partial charge in [-0.1, -0.05) is 42.5 Å². The van der Waals surface area contributed by atoms with Crippen LogP contribution in [-0.2, 0) is 0 Å². The summed E-state index contributed by atoms with van der Waals surface area (Å²) >= 11 is 0. The first-order valence-electron chi connectivity index (χ1n) is 8.72. The number of nitrogens with two attached hydrogens (primary N) is 1. The van der Waals surface area contributed by atoms with E-state index in [-0.39, 0.29) is 17.4 Å². The molecule has 4 N–H and O–H groups in total. The number of hydrogen-bond acceptors (Lipinski definition) is 4. The van der Waals surface area contributed by atoms with E-state index in [1.807, 2.05) is 61.5 Å². The lowest BCUT2D eigenvalue weighted by Gasteiger charge is -2.13. The summed E-state index contributed by atoms with van der Waals surface area (Å²) in [6.07, 6.45) is 1.36. The number of aromatic nitrogens is 4. The standard InChI is InChI=1S/C20H18N6O2/c1-12(13-7-3-2-4-8-13)23-19(28)16-17(18(21)27)26(11-22-16)20-24-14-9-5-6-10-15(14)25-20/h2-12H,1H3,(H2,21,27)(H,23,28)(H,24,25). The Bertz CT molecular complexity index is 1130. The van der Waals surface area contributed by atoms with Crippen LogP contribution in [0.1, 0.15) is 39.5 Å². The molecule has 0 aliphatic heterocycles. The molecule has 8 nitrogen and oxygen atoms in total. The molecule has 4 rings (SSSR count). The molecule has 0 radical (unpaired) electrons. The predicted molar refractivity (Wildman–Crippen MR) is 104 cm³/mol. The molecule has 4 aromatic rings. The number of benzene rings is 2. The summed E-state index contributed by atoms with van der Waals surface area (Å²) in [5, 5.41) is 2.85. The number of nitrogens with one attached hydrogen (secondary N) is 2. The Labute approximate surface area is 160 Å². The Morgan fingerprint density at radius 2 is 1.82 bits per heavy atom. The summed E-state index contributed by atoms with van der Waals surface area (Å²) in [5.41, 5.74) is 7.94. The maximum absolute atomic E-state index is 12.7. The van der Waals surface area contributed by atoms with Gasteiger partial charge in [0, 0.05) is 0 Å². The molecule has 0 aliphatic carbocycles. The largest absolute Gasteiger partial charge is 0.364 e. The third kappa shape index (κ3) is 3.11. The number of fused-ring (bicyclic) bond motifs is 1. The van der Waals surface area contributed by atoms with E-state index < -0.39 is 11.8 Å². The fraction of sp³-hybridized carbons (Fsp3) is 0.100. The number of imidazole rings is 2. The van der Waals surface area contributed by atoms with E-state index in [2.05, 4.69) is 20.3 Å². The van der Waals surface area contributed by atoms with Crippen molar-refractivity contribution < 1.29 is 9.59 Å². The molecule has 2 aromatic carbocycles. The van der Waals surface area contributed by atoms with Crippen molar-refractivity contribution in [3.05, 3.63) is 77.9 Å². The minimum Gasteiger partial charge on any atom is -0.364 e. The van der Waals surface area contributed by atoms with Crippen LogP contribution in [0.25, 0.3) is 17.0 Å². The molecule has 0 saturated carbocycles. The molecule has 0 bridgehead atoms. The smallest absolute Gasteiger partial charge is 0.272 e. The molecule has 1 atom stereocenters. The first-order valence-corrected chi connectivity index (χ1v) is 8.72. The van der Waals surface area contributed by atoms with Crippen LogP contribution in [0.4, 0.5) is 0 Å². The zero-order valence-electron chi connectivity index (χ0n) is 15.1. The predicted octanol–water partition coefficient (Wildman–Crippen LogP) is 2.34. The van der Waals surface area contributed by atoms with Crippen LogP contribution in [0.2, 0.25) is 0 Å². The van der Waals surface area contributed by atoms with Crippen LogP contribution in [0.3, 0.4) is 0 Å². The van der Waals surface area contributed by atoms with Crippen LogP contribution in [0.5, 0.6) is 0 Å². The van der Waals surface area contributed by atoms with Gasteiger partial charge in [-0.05, 0) is 24.6 Å². The molecular weight excluding hydrogens is 356 g/mol. The van der Waals surface area contributed by atoms with Gasteiger partial charge >= 0.3 is 0 Å². The van der Waals surface area contributed by atoms with Gasteiger partial charge in [0.1, 0.15) is 12.0 Å². The van der Waals surface area contributed by atoms with Gasteiger partial charge in [-0.2, -0.15) is 0 Å². The highest BCUT2D eigenvalue weighted by Crippen LogP contribution is 2.18. The molecule has 28 heavy (non-hydrogen) atoms. The Balaban J connectivity index is 1.68. The van der Waals surface area contributed by atoms with Crippen molar-refractivity contribution in [1.82, 2.24) is 24.8 Å². The Kier molecular flexibility index (Phi) is 4.36. The summed E-state index contributed by atoms with van der Waals surface area (Å²) in [6, 6.07) is 16.7. The maximum Gasteiger partial charge on any atom is 0.272 e. The molecule has 140 valence electrons. The van der Waals surface area contributed by atoms with Gasteiger partial charge in [-0.25, -0.2) is 9.97 Å². The van der Waals surface area contributed by atoms with Crippen LogP contribution in [-0.4, -0.2) is 31.3 Å². The van der Waals surface area contributed by atoms with Crippen LogP contribution < -0.4 is 11.1 Å². The highest BCUT2D eigenvalue weighted by Gasteiger charge is 2.25. The monoisotopic (exact) mass is 374 g/mol. The van der Waals surface area contributed by atoms with Gasteiger partial charge < -0.3 is 16.0 Å². The second-order valence-corrected chi connectivity index (χ2v) is 6.36. The molecule has 0 aliphatic rings. The van der Waals surface area contributed by atoms with Gasteiger partial charge in [0.25, 0.3) is 11.8 Å². The minimum absolute atomic E-state index is 0.0307. The second-order valence-electron chi connectivity index (χ2n) is 6.36. The van der Waals surface area contributed by atoms with Crippen molar-refractivity contribution in [3.63, 3.8) is 0 Å². The highest BCUT2D eigenvalue weighted by atomic mass is 16.2. The average Bonchev–Trinajstić information content (AvgIpc) is 3.32. The highest BCUT2D eigenvalue weighted by molar-refractivity contribution is 6.04. The molecule has 1 unspecified atom stereocenters. The SMILES string of the molecule is CC(NC(=O)c1ncn(-c2nc3ccccc3[nH]2)c1C(N)=O)c1ccccc1. The second kappa shape index (κ2) is 6.99. The molecule has 8 heteroatoms. The van der Waals surface area contributed by atoms with Crippen molar-refractivity contribution >= 4 is 22.8 Å². The lowest BCUT2D eigenvalue weighted by Crippen LogP contribution is -2.30. The summed E-state index contributed by atoms with van der Waals surface area (Å²) in [7, 11) is 0. The number of H-pyrrole nitrogens is 1. The third-order valence-electron chi connectivity index (χ3n) is 4.47. The van der Waals surface area contributed by atoms with Gasteiger partial charge in [0.2, 0.25) is 5.95 Å². The summed E-state index contributed by atoms with van der Waals surface area (Å²) in [6.45, 7) is 1.85.